The molecule has 0 atom stereocenters. The molecule has 0 aromatic rings. The maximum absolute atomic E-state index is 12.9. The fourth-order valence-corrected chi connectivity index (χ4v) is 3.22. The van der Waals surface area contributed by atoms with Crippen molar-refractivity contribution in [3.8, 4) is 0 Å². The predicted molar refractivity (Wildman–Crippen MR) is 106 cm³/mol. The van der Waals surface area contributed by atoms with Gasteiger partial charge < -0.3 is 18.3 Å². The van der Waals surface area contributed by atoms with Gasteiger partial charge in [-0.25, -0.2) is 8.78 Å². The second-order valence-corrected chi connectivity index (χ2v) is 8.73. The molecule has 0 bridgehead atoms. The lowest BCUT2D eigenvalue weighted by atomic mass is 10.3. The topological polar surface area (TPSA) is 74.0 Å². The molecule has 0 spiro atoms. The Morgan fingerprint density at radius 3 is 1.52 bits per heavy atom. The maximum atomic E-state index is 12.9. The van der Waals surface area contributed by atoms with Crippen LogP contribution in [0, 0.1) is 0 Å². The summed E-state index contributed by atoms with van der Waals surface area (Å²) in [4.78, 5) is 0. The van der Waals surface area contributed by atoms with Crippen molar-refractivity contribution in [1.82, 2.24) is 0 Å². The third-order valence-corrected chi connectivity index (χ3v) is 5.81. The third-order valence-electron chi connectivity index (χ3n) is 3.73. The summed E-state index contributed by atoms with van der Waals surface area (Å²) in [5.74, 6) is 0. The molecular weight excluding hydrogens is 414 g/mol. The van der Waals surface area contributed by atoms with E-state index < -0.39 is 27.9 Å². The number of alkyl halides is 4. The number of ether oxygens (including phenoxy) is 1. The minimum atomic E-state index is -4.53. The van der Waals surface area contributed by atoms with Crippen molar-refractivity contribution in [3.63, 3.8) is 0 Å². The fourth-order valence-electron chi connectivity index (χ4n) is 1.38. The Labute approximate surface area is 170 Å². The van der Waals surface area contributed by atoms with Crippen LogP contribution < -0.4 is 0 Å². The smallest absolute Gasteiger partial charge is 0.373 e. The van der Waals surface area contributed by atoms with Gasteiger partial charge in [-0.2, -0.15) is 8.78 Å². The fraction of sp³-hybridized carbons (Fsp3) is 0.824. The zero-order valence-electron chi connectivity index (χ0n) is 17.8. The van der Waals surface area contributed by atoms with Crippen LogP contribution in [0.15, 0.2) is 15.5 Å². The second kappa shape index (κ2) is 13.5. The summed E-state index contributed by atoms with van der Waals surface area (Å²) in [6.07, 6.45) is -6.76. The van der Waals surface area contributed by atoms with Gasteiger partial charge in [-0.05, 0) is 46.5 Å². The van der Waals surface area contributed by atoms with E-state index in [0.717, 1.165) is 0 Å². The minimum absolute atomic E-state index is 0.0756. The van der Waals surface area contributed by atoms with Gasteiger partial charge in [0.05, 0.1) is 29.8 Å². The van der Waals surface area contributed by atoms with Crippen molar-refractivity contribution >= 4 is 25.9 Å². The molecule has 7 nitrogen and oxygen atoms in total. The molecule has 0 aliphatic heterocycles. The van der Waals surface area contributed by atoms with Crippen molar-refractivity contribution in [1.29, 1.82) is 0 Å². The van der Waals surface area contributed by atoms with Gasteiger partial charge >= 0.3 is 21.3 Å². The van der Waals surface area contributed by atoms with E-state index >= 15 is 0 Å². The molecule has 29 heavy (non-hydrogen) atoms. The van der Waals surface area contributed by atoms with Crippen LogP contribution in [0.4, 0.5) is 17.6 Å². The summed E-state index contributed by atoms with van der Waals surface area (Å²) in [6.45, 7) is 10.1. The third kappa shape index (κ3) is 11.2. The van der Waals surface area contributed by atoms with Gasteiger partial charge in [-0.15, -0.1) is 15.5 Å². The molecule has 0 rings (SSSR count). The van der Waals surface area contributed by atoms with Crippen LogP contribution in [-0.2, 0) is 18.3 Å². The molecule has 0 saturated carbocycles. The quantitative estimate of drug-likeness (QED) is 0.108. The first kappa shape index (κ1) is 27.3. The normalized spacial score (nSPS) is 14.4. The van der Waals surface area contributed by atoms with E-state index in [1.165, 1.54) is 0 Å². The molecule has 0 aliphatic carbocycles. The first-order chi connectivity index (χ1) is 13.5. The highest BCUT2D eigenvalue weighted by atomic mass is 28.4. The highest BCUT2D eigenvalue weighted by molar-refractivity contribution is 6.60. The second-order valence-electron chi connectivity index (χ2n) is 6.31. The summed E-state index contributed by atoms with van der Waals surface area (Å²) in [5.41, 5.74) is 1.92. The highest BCUT2D eigenvalue weighted by Crippen LogP contribution is 2.26. The Bertz CT molecular complexity index is 520. The Morgan fingerprint density at radius 1 is 0.828 bits per heavy atom. The number of hydrogen-bond acceptors (Lipinski definition) is 7. The van der Waals surface area contributed by atoms with E-state index in [4.69, 9.17) is 13.6 Å². The van der Waals surface area contributed by atoms with E-state index in [1.54, 1.807) is 20.8 Å². The summed E-state index contributed by atoms with van der Waals surface area (Å²) in [7, 11) is -3.73. The van der Waals surface area contributed by atoms with Crippen LogP contribution in [0.5, 0.6) is 0 Å². The van der Waals surface area contributed by atoms with Crippen LogP contribution in [0.2, 0.25) is 6.04 Å². The van der Waals surface area contributed by atoms with Crippen molar-refractivity contribution in [2.75, 3.05) is 6.61 Å². The molecule has 0 unspecified atom stereocenters. The van der Waals surface area contributed by atoms with Gasteiger partial charge in [0.1, 0.15) is 0 Å². The zero-order valence-corrected chi connectivity index (χ0v) is 18.8. The molecule has 0 aliphatic rings. The standard InChI is InChI=1S/C17H31F4N3O4Si/c1-7-13(4)22-26-29(27-23-14(5)8-2,28-24-15(6)9-3)12-10-11-25-17(20,21)16(18)19/h16H,7-12H2,1-6H3/b22-13-,23-14-,24-15-. The summed E-state index contributed by atoms with van der Waals surface area (Å²) in [5, 5.41) is 11.9. The molecule has 12 heteroatoms. The number of halogens is 4. The average Bonchev–Trinajstić information content (AvgIpc) is 2.70. The Balaban J connectivity index is 5.49. The number of oxime groups is 3. The lowest BCUT2D eigenvalue weighted by Crippen LogP contribution is -2.43. The van der Waals surface area contributed by atoms with Crippen LogP contribution in [0.3, 0.4) is 0 Å². The molecular formula is C17H31F4N3O4Si. The molecule has 0 N–H and O–H groups in total. The van der Waals surface area contributed by atoms with Gasteiger partial charge in [-0.1, -0.05) is 20.8 Å². The number of nitrogens with zero attached hydrogens (tertiary/aromatic N) is 3. The first-order valence-corrected chi connectivity index (χ1v) is 11.4. The van der Waals surface area contributed by atoms with Crippen LogP contribution in [0.1, 0.15) is 67.2 Å². The molecule has 0 aromatic heterocycles. The van der Waals surface area contributed by atoms with Gasteiger partial charge in [0.2, 0.25) is 0 Å². The van der Waals surface area contributed by atoms with Crippen LogP contribution in [0.25, 0.3) is 0 Å². The molecule has 0 saturated heterocycles. The van der Waals surface area contributed by atoms with Gasteiger partial charge in [0.15, 0.2) is 0 Å². The lowest BCUT2D eigenvalue weighted by molar-refractivity contribution is -0.300. The van der Waals surface area contributed by atoms with Crippen LogP contribution >= 0.6 is 0 Å². The lowest BCUT2D eigenvalue weighted by Gasteiger charge is -2.23. The molecule has 170 valence electrons. The predicted octanol–water partition coefficient (Wildman–Crippen LogP) is 5.60. The molecule has 0 fully saturated rings. The van der Waals surface area contributed by atoms with E-state index in [-0.39, 0.29) is 12.5 Å². The highest BCUT2D eigenvalue weighted by Gasteiger charge is 2.52. The van der Waals surface area contributed by atoms with Gasteiger partial charge in [0, 0.05) is 0 Å². The van der Waals surface area contributed by atoms with Crippen LogP contribution in [-0.4, -0.2) is 45.1 Å². The van der Waals surface area contributed by atoms with E-state index in [1.807, 2.05) is 20.8 Å². The van der Waals surface area contributed by atoms with Crippen molar-refractivity contribution < 1.29 is 35.9 Å². The van der Waals surface area contributed by atoms with E-state index in [2.05, 4.69) is 20.2 Å². The summed E-state index contributed by atoms with van der Waals surface area (Å²) >= 11 is 0. The van der Waals surface area contributed by atoms with Crippen molar-refractivity contribution in [2.24, 2.45) is 15.5 Å². The average molecular weight is 446 g/mol. The zero-order chi connectivity index (χ0) is 22.5. The SMILES string of the molecule is CC/C(C)=N\O[Si](CCCOC(F)(F)C(F)F)(O/N=C(/C)CC)O/N=C(/C)CC. The molecule has 0 aromatic carbocycles. The van der Waals surface area contributed by atoms with Crippen molar-refractivity contribution in [3.05, 3.63) is 0 Å². The molecule has 0 heterocycles. The van der Waals surface area contributed by atoms with Crippen molar-refractivity contribution in [2.45, 2.75) is 85.8 Å². The number of hydrogen-bond donors (Lipinski definition) is 0. The van der Waals surface area contributed by atoms with E-state index in [0.29, 0.717) is 36.4 Å². The largest absolute Gasteiger partial charge is 0.762 e. The molecule has 0 radical (unpaired) electrons. The van der Waals surface area contributed by atoms with Gasteiger partial charge in [0.25, 0.3) is 0 Å². The molecule has 0 amide bonds. The first-order valence-electron chi connectivity index (χ1n) is 9.46. The van der Waals surface area contributed by atoms with E-state index in [9.17, 15) is 17.6 Å². The van der Waals surface area contributed by atoms with Gasteiger partial charge in [-0.3, -0.25) is 0 Å². The summed E-state index contributed by atoms with van der Waals surface area (Å²) < 4.78 is 70.9. The number of rotatable bonds is 15. The Morgan fingerprint density at radius 2 is 1.21 bits per heavy atom. The Kier molecular flexibility index (Phi) is 12.7. The monoisotopic (exact) mass is 445 g/mol. The minimum Gasteiger partial charge on any atom is -0.373 e. The summed E-state index contributed by atoms with van der Waals surface area (Å²) in [6, 6.07) is -0.0756. The Hall–Kier alpha value is -1.69. The maximum Gasteiger partial charge on any atom is 0.762 e.